The molecule has 0 spiro atoms. The van der Waals surface area contributed by atoms with Crippen LogP contribution in [0.3, 0.4) is 0 Å². The first kappa shape index (κ1) is 18.9. The Morgan fingerprint density at radius 3 is 2.34 bits per heavy atom. The first-order valence-corrected chi connectivity index (χ1v) is 9.52. The van der Waals surface area contributed by atoms with Crippen LogP contribution in [0.2, 0.25) is 0 Å². The largest absolute Gasteiger partial charge is 0.449 e. The highest BCUT2D eigenvalue weighted by atomic mass is 19.1. The van der Waals surface area contributed by atoms with Gasteiger partial charge in [-0.1, -0.05) is 36.4 Å². The van der Waals surface area contributed by atoms with E-state index in [0.717, 1.165) is 22.3 Å². The summed E-state index contributed by atoms with van der Waals surface area (Å²) in [5.41, 5.74) is 3.58. The summed E-state index contributed by atoms with van der Waals surface area (Å²) >= 11 is 0. The molecule has 6 heteroatoms. The zero-order chi connectivity index (χ0) is 20.4. The SMILES string of the molecule is C[C@@H](c1ccc(-c2ccc(=O)[nH]c2)cc1)N1C(=O)OCCC1c1ccc(F)cc1. The van der Waals surface area contributed by atoms with Gasteiger partial charge in [0, 0.05) is 18.7 Å². The Morgan fingerprint density at radius 2 is 1.69 bits per heavy atom. The van der Waals surface area contributed by atoms with Crippen LogP contribution in [0.5, 0.6) is 0 Å². The molecule has 29 heavy (non-hydrogen) atoms. The van der Waals surface area contributed by atoms with Gasteiger partial charge in [0.1, 0.15) is 5.82 Å². The van der Waals surface area contributed by atoms with Gasteiger partial charge in [-0.05, 0) is 47.4 Å². The van der Waals surface area contributed by atoms with E-state index in [-0.39, 0.29) is 29.6 Å². The molecule has 0 radical (unpaired) electrons. The number of amides is 1. The molecule has 4 rings (SSSR count). The van der Waals surface area contributed by atoms with Crippen molar-refractivity contribution in [2.45, 2.75) is 25.4 Å². The van der Waals surface area contributed by atoms with Gasteiger partial charge in [-0.25, -0.2) is 9.18 Å². The van der Waals surface area contributed by atoms with Crippen molar-refractivity contribution in [2.24, 2.45) is 0 Å². The van der Waals surface area contributed by atoms with Gasteiger partial charge in [0.05, 0.1) is 18.7 Å². The topological polar surface area (TPSA) is 62.4 Å². The Balaban J connectivity index is 1.61. The van der Waals surface area contributed by atoms with Crippen LogP contribution in [0.15, 0.2) is 71.7 Å². The molecule has 1 saturated heterocycles. The van der Waals surface area contributed by atoms with Gasteiger partial charge in [-0.15, -0.1) is 0 Å². The van der Waals surface area contributed by atoms with Crippen molar-refractivity contribution >= 4 is 6.09 Å². The van der Waals surface area contributed by atoms with Gasteiger partial charge in [-0.3, -0.25) is 9.69 Å². The van der Waals surface area contributed by atoms with Crippen molar-refractivity contribution in [1.82, 2.24) is 9.88 Å². The number of cyclic esters (lactones) is 1. The molecule has 2 aromatic carbocycles. The van der Waals surface area contributed by atoms with Crippen LogP contribution in [0.25, 0.3) is 11.1 Å². The summed E-state index contributed by atoms with van der Waals surface area (Å²) in [4.78, 5) is 28.2. The summed E-state index contributed by atoms with van der Waals surface area (Å²) in [6, 6.07) is 17.0. The average molecular weight is 392 g/mol. The Labute approximate surface area is 167 Å². The van der Waals surface area contributed by atoms with Gasteiger partial charge in [-0.2, -0.15) is 0 Å². The molecule has 1 N–H and O–H groups in total. The average Bonchev–Trinajstić information content (AvgIpc) is 2.74. The van der Waals surface area contributed by atoms with E-state index in [1.807, 2.05) is 31.2 Å². The van der Waals surface area contributed by atoms with Crippen LogP contribution < -0.4 is 5.56 Å². The van der Waals surface area contributed by atoms with Crippen molar-refractivity contribution in [3.05, 3.63) is 94.2 Å². The summed E-state index contributed by atoms with van der Waals surface area (Å²) in [5.74, 6) is -0.301. The van der Waals surface area contributed by atoms with Gasteiger partial charge >= 0.3 is 6.09 Å². The number of hydrogen-bond acceptors (Lipinski definition) is 3. The lowest BCUT2D eigenvalue weighted by atomic mass is 9.96. The number of H-pyrrole nitrogens is 1. The minimum atomic E-state index is -0.372. The smallest absolute Gasteiger partial charge is 0.410 e. The van der Waals surface area contributed by atoms with Crippen LogP contribution in [0.4, 0.5) is 9.18 Å². The van der Waals surface area contributed by atoms with Crippen LogP contribution in [-0.2, 0) is 4.74 Å². The van der Waals surface area contributed by atoms with Gasteiger partial charge in [0.25, 0.3) is 0 Å². The third kappa shape index (κ3) is 3.92. The van der Waals surface area contributed by atoms with E-state index in [0.29, 0.717) is 13.0 Å². The van der Waals surface area contributed by atoms with Crippen LogP contribution in [0, 0.1) is 5.82 Å². The predicted molar refractivity (Wildman–Crippen MR) is 108 cm³/mol. The number of benzene rings is 2. The van der Waals surface area contributed by atoms with E-state index in [1.165, 1.54) is 18.2 Å². The summed E-state index contributed by atoms with van der Waals surface area (Å²) in [6.45, 7) is 2.30. The Morgan fingerprint density at radius 1 is 1.00 bits per heavy atom. The second-order valence-corrected chi connectivity index (χ2v) is 7.12. The maximum absolute atomic E-state index is 13.3. The lowest BCUT2D eigenvalue weighted by Gasteiger charge is -2.39. The van der Waals surface area contributed by atoms with Crippen LogP contribution >= 0.6 is 0 Å². The maximum atomic E-state index is 13.3. The standard InChI is InChI=1S/C23H21FN2O3/c1-15(16-2-4-17(5-3-16)19-8-11-22(27)25-14-19)26-21(12-13-29-23(26)28)18-6-9-20(24)10-7-18/h2-11,14-15,21H,12-13H2,1H3,(H,25,27)/t15-,21?/m0/s1. The third-order valence-electron chi connectivity index (χ3n) is 5.35. The van der Waals surface area contributed by atoms with E-state index in [1.54, 1.807) is 29.3 Å². The lowest BCUT2D eigenvalue weighted by Crippen LogP contribution is -2.42. The highest BCUT2D eigenvalue weighted by molar-refractivity contribution is 5.70. The summed E-state index contributed by atoms with van der Waals surface area (Å²) < 4.78 is 18.6. The number of pyridine rings is 1. The number of halogens is 1. The fourth-order valence-electron chi connectivity index (χ4n) is 3.74. The number of hydrogen-bond donors (Lipinski definition) is 1. The summed E-state index contributed by atoms with van der Waals surface area (Å²) in [6.07, 6.45) is 1.95. The second kappa shape index (κ2) is 7.91. The quantitative estimate of drug-likeness (QED) is 0.692. The first-order valence-electron chi connectivity index (χ1n) is 9.52. The number of aromatic amines is 1. The minimum Gasteiger partial charge on any atom is -0.449 e. The van der Waals surface area contributed by atoms with Crippen molar-refractivity contribution in [3.8, 4) is 11.1 Å². The zero-order valence-electron chi connectivity index (χ0n) is 16.0. The third-order valence-corrected chi connectivity index (χ3v) is 5.35. The van der Waals surface area contributed by atoms with Gasteiger partial charge in [0.2, 0.25) is 5.56 Å². The number of carbonyl (C=O) groups is 1. The fourth-order valence-corrected chi connectivity index (χ4v) is 3.74. The molecule has 3 aromatic rings. The lowest BCUT2D eigenvalue weighted by molar-refractivity contribution is 0.0261. The number of ether oxygens (including phenoxy) is 1. The van der Waals surface area contributed by atoms with Crippen molar-refractivity contribution in [2.75, 3.05) is 6.61 Å². The molecule has 1 aromatic heterocycles. The molecule has 1 amide bonds. The molecule has 2 atom stereocenters. The normalized spacial score (nSPS) is 17.7. The molecular weight excluding hydrogens is 371 g/mol. The van der Waals surface area contributed by atoms with Crippen LogP contribution in [-0.4, -0.2) is 22.6 Å². The van der Waals surface area contributed by atoms with E-state index in [9.17, 15) is 14.0 Å². The number of aromatic nitrogens is 1. The summed E-state index contributed by atoms with van der Waals surface area (Å²) in [5, 5.41) is 0. The van der Waals surface area contributed by atoms with E-state index in [4.69, 9.17) is 4.74 Å². The molecule has 2 heterocycles. The highest BCUT2D eigenvalue weighted by Gasteiger charge is 2.35. The predicted octanol–water partition coefficient (Wildman–Crippen LogP) is 4.83. The summed E-state index contributed by atoms with van der Waals surface area (Å²) in [7, 11) is 0. The Bertz CT molecular complexity index is 1040. The van der Waals surface area contributed by atoms with Crippen molar-refractivity contribution in [3.63, 3.8) is 0 Å². The maximum Gasteiger partial charge on any atom is 0.410 e. The second-order valence-electron chi connectivity index (χ2n) is 7.12. The molecule has 0 saturated carbocycles. The number of nitrogens with zero attached hydrogens (tertiary/aromatic N) is 1. The van der Waals surface area contributed by atoms with Crippen molar-refractivity contribution in [1.29, 1.82) is 0 Å². The minimum absolute atomic E-state index is 0.144. The Hall–Kier alpha value is -3.41. The Kier molecular flexibility index (Phi) is 5.16. The molecule has 1 fully saturated rings. The fraction of sp³-hybridized carbons (Fsp3) is 0.217. The zero-order valence-corrected chi connectivity index (χ0v) is 16.0. The van der Waals surface area contributed by atoms with Crippen LogP contribution in [0.1, 0.15) is 36.6 Å². The molecule has 1 aliphatic heterocycles. The molecular formula is C23H21FN2O3. The van der Waals surface area contributed by atoms with Gasteiger partial charge in [0.15, 0.2) is 0 Å². The number of rotatable bonds is 4. The molecule has 1 aliphatic rings. The monoisotopic (exact) mass is 392 g/mol. The van der Waals surface area contributed by atoms with Gasteiger partial charge < -0.3 is 9.72 Å². The van der Waals surface area contributed by atoms with E-state index in [2.05, 4.69) is 4.98 Å². The first-order chi connectivity index (χ1) is 14.0. The number of nitrogens with one attached hydrogen (secondary N) is 1. The molecule has 0 aliphatic carbocycles. The molecule has 148 valence electrons. The van der Waals surface area contributed by atoms with E-state index >= 15 is 0 Å². The van der Waals surface area contributed by atoms with E-state index < -0.39 is 0 Å². The molecule has 0 bridgehead atoms. The molecule has 5 nitrogen and oxygen atoms in total. The van der Waals surface area contributed by atoms with Crippen molar-refractivity contribution < 1.29 is 13.9 Å². The number of carbonyl (C=O) groups excluding carboxylic acids is 1. The highest BCUT2D eigenvalue weighted by Crippen LogP contribution is 2.36. The molecule has 1 unspecified atom stereocenters.